The summed E-state index contributed by atoms with van der Waals surface area (Å²) in [6.45, 7) is 5.34. The van der Waals surface area contributed by atoms with Crippen LogP contribution in [0.4, 0.5) is 13.2 Å². The molecule has 12 heavy (non-hydrogen) atoms. The summed E-state index contributed by atoms with van der Waals surface area (Å²) in [5, 5.41) is 8.51. The predicted octanol–water partition coefficient (Wildman–Crippen LogP) is 2.21. The highest BCUT2D eigenvalue weighted by atomic mass is 19.4. The van der Waals surface area contributed by atoms with Crippen molar-refractivity contribution in [1.29, 1.82) is 0 Å². The molecule has 0 aromatic rings. The fraction of sp³-hybridized carbons (Fsp3) is 0.250. The molecule has 0 saturated carbocycles. The average molecular weight is 178 g/mol. The van der Waals surface area contributed by atoms with Crippen molar-refractivity contribution in [3.8, 4) is 0 Å². The summed E-state index contributed by atoms with van der Waals surface area (Å²) in [5.74, 6) is 0. The SMILES string of the molecule is C=C/C=C(/CO)C(=C)C(F)(F)F. The number of aliphatic hydroxyl groups is 1. The third kappa shape index (κ3) is 2.92. The second-order valence-corrected chi connectivity index (χ2v) is 2.06. The minimum absolute atomic E-state index is 0.266. The molecule has 0 fully saturated rings. The molecule has 0 atom stereocenters. The van der Waals surface area contributed by atoms with Crippen LogP contribution >= 0.6 is 0 Å². The Morgan fingerprint density at radius 2 is 1.92 bits per heavy atom. The molecule has 0 bridgehead atoms. The minimum atomic E-state index is -4.49. The van der Waals surface area contributed by atoms with Crippen LogP contribution in [-0.4, -0.2) is 17.9 Å². The Bertz CT molecular complexity index is 213. The average Bonchev–Trinajstić information content (AvgIpc) is 1.97. The molecule has 0 aromatic heterocycles. The summed E-state index contributed by atoms with van der Waals surface area (Å²) in [6, 6.07) is 0. The first-order chi connectivity index (χ1) is 5.43. The molecule has 4 heteroatoms. The van der Waals surface area contributed by atoms with Gasteiger partial charge in [-0.15, -0.1) is 0 Å². The monoisotopic (exact) mass is 178 g/mol. The van der Waals surface area contributed by atoms with Gasteiger partial charge in [0.15, 0.2) is 0 Å². The highest BCUT2D eigenvalue weighted by molar-refractivity contribution is 5.34. The Morgan fingerprint density at radius 3 is 2.17 bits per heavy atom. The molecule has 0 rings (SSSR count). The van der Waals surface area contributed by atoms with Crippen LogP contribution in [0.15, 0.2) is 36.5 Å². The summed E-state index contributed by atoms with van der Waals surface area (Å²) in [7, 11) is 0. The number of allylic oxidation sites excluding steroid dienone is 2. The fourth-order valence-corrected chi connectivity index (χ4v) is 0.573. The lowest BCUT2D eigenvalue weighted by Crippen LogP contribution is -2.14. The summed E-state index contributed by atoms with van der Waals surface area (Å²) in [6.07, 6.45) is -2.24. The van der Waals surface area contributed by atoms with E-state index in [9.17, 15) is 13.2 Å². The predicted molar refractivity (Wildman–Crippen MR) is 40.6 cm³/mol. The number of hydrogen-bond donors (Lipinski definition) is 1. The number of alkyl halides is 3. The number of rotatable bonds is 3. The maximum atomic E-state index is 11.9. The number of aliphatic hydroxyl groups excluding tert-OH is 1. The van der Waals surface area contributed by atoms with Crippen molar-refractivity contribution in [2.24, 2.45) is 0 Å². The van der Waals surface area contributed by atoms with Gasteiger partial charge in [0.2, 0.25) is 0 Å². The van der Waals surface area contributed by atoms with Crippen LogP contribution < -0.4 is 0 Å². The smallest absolute Gasteiger partial charge is 0.392 e. The maximum absolute atomic E-state index is 11.9. The Morgan fingerprint density at radius 1 is 1.42 bits per heavy atom. The highest BCUT2D eigenvalue weighted by Gasteiger charge is 2.33. The fourth-order valence-electron chi connectivity index (χ4n) is 0.573. The van der Waals surface area contributed by atoms with Crippen molar-refractivity contribution in [2.75, 3.05) is 6.61 Å². The summed E-state index contributed by atoms with van der Waals surface area (Å²) in [4.78, 5) is 0. The van der Waals surface area contributed by atoms with Gasteiger partial charge in [0.25, 0.3) is 0 Å². The van der Waals surface area contributed by atoms with Crippen LogP contribution in [0.5, 0.6) is 0 Å². The highest BCUT2D eigenvalue weighted by Crippen LogP contribution is 2.29. The Balaban J connectivity index is 4.66. The maximum Gasteiger partial charge on any atom is 0.416 e. The first-order valence-corrected chi connectivity index (χ1v) is 3.12. The van der Waals surface area contributed by atoms with Crippen molar-refractivity contribution in [3.63, 3.8) is 0 Å². The van der Waals surface area contributed by atoms with Gasteiger partial charge in [0, 0.05) is 0 Å². The Kier molecular flexibility index (Phi) is 3.76. The molecule has 68 valence electrons. The first kappa shape index (κ1) is 11.0. The van der Waals surface area contributed by atoms with Gasteiger partial charge in [-0.3, -0.25) is 0 Å². The lowest BCUT2D eigenvalue weighted by Gasteiger charge is -2.10. The summed E-state index contributed by atoms with van der Waals surface area (Å²) in [5.41, 5.74) is -1.30. The molecule has 0 aliphatic rings. The van der Waals surface area contributed by atoms with Crippen molar-refractivity contribution in [3.05, 3.63) is 36.5 Å². The van der Waals surface area contributed by atoms with Gasteiger partial charge < -0.3 is 5.11 Å². The molecule has 0 unspecified atom stereocenters. The quantitative estimate of drug-likeness (QED) is 0.657. The van der Waals surface area contributed by atoms with Gasteiger partial charge in [0.05, 0.1) is 12.2 Å². The molecule has 0 aromatic carbocycles. The molecule has 0 aliphatic heterocycles. The van der Waals surface area contributed by atoms with E-state index in [1.165, 1.54) is 6.08 Å². The molecule has 1 N–H and O–H groups in total. The van der Waals surface area contributed by atoms with Gasteiger partial charge in [-0.05, 0) is 5.57 Å². The second-order valence-electron chi connectivity index (χ2n) is 2.06. The molecule has 1 nitrogen and oxygen atoms in total. The van der Waals surface area contributed by atoms with Gasteiger partial charge in [-0.1, -0.05) is 25.3 Å². The lowest BCUT2D eigenvalue weighted by atomic mass is 10.1. The Labute approximate surface area is 68.5 Å². The van der Waals surface area contributed by atoms with Crippen molar-refractivity contribution < 1.29 is 18.3 Å². The zero-order chi connectivity index (χ0) is 9.78. The van der Waals surface area contributed by atoms with Crippen LogP contribution in [0, 0.1) is 0 Å². The lowest BCUT2D eigenvalue weighted by molar-refractivity contribution is -0.0896. The van der Waals surface area contributed by atoms with Gasteiger partial charge in [-0.2, -0.15) is 13.2 Å². The van der Waals surface area contributed by atoms with E-state index in [1.807, 2.05) is 0 Å². The number of halogens is 3. The molecule has 0 amide bonds. The van der Waals surface area contributed by atoms with Crippen molar-refractivity contribution >= 4 is 0 Å². The molecule has 0 aliphatic carbocycles. The minimum Gasteiger partial charge on any atom is -0.392 e. The van der Waals surface area contributed by atoms with Gasteiger partial charge in [-0.25, -0.2) is 0 Å². The molecule has 0 spiro atoms. The van der Waals surface area contributed by atoms with Crippen LogP contribution in [-0.2, 0) is 0 Å². The van der Waals surface area contributed by atoms with Crippen LogP contribution in [0.1, 0.15) is 0 Å². The van der Waals surface area contributed by atoms with E-state index in [4.69, 9.17) is 5.11 Å². The van der Waals surface area contributed by atoms with E-state index in [0.717, 1.165) is 6.08 Å². The van der Waals surface area contributed by atoms with E-state index in [2.05, 4.69) is 13.2 Å². The zero-order valence-electron chi connectivity index (χ0n) is 6.36. The van der Waals surface area contributed by atoms with Crippen molar-refractivity contribution in [2.45, 2.75) is 6.18 Å². The van der Waals surface area contributed by atoms with E-state index in [-0.39, 0.29) is 5.57 Å². The molecule has 0 saturated heterocycles. The van der Waals surface area contributed by atoms with E-state index in [0.29, 0.717) is 0 Å². The third-order valence-electron chi connectivity index (χ3n) is 1.22. The summed E-state index contributed by atoms with van der Waals surface area (Å²) < 4.78 is 35.8. The largest absolute Gasteiger partial charge is 0.416 e. The van der Waals surface area contributed by atoms with Crippen molar-refractivity contribution in [1.82, 2.24) is 0 Å². The summed E-state index contributed by atoms with van der Waals surface area (Å²) >= 11 is 0. The van der Waals surface area contributed by atoms with Crippen LogP contribution in [0.2, 0.25) is 0 Å². The standard InChI is InChI=1S/C8H9F3O/c1-3-4-7(5-12)6(2)8(9,10)11/h3-4,12H,1-2,5H2/b7-4-. The third-order valence-corrected chi connectivity index (χ3v) is 1.22. The Hall–Kier alpha value is -1.03. The first-order valence-electron chi connectivity index (χ1n) is 3.12. The van der Waals surface area contributed by atoms with E-state index in [1.54, 1.807) is 0 Å². The normalized spacial score (nSPS) is 12.8. The zero-order valence-corrected chi connectivity index (χ0v) is 6.36. The van der Waals surface area contributed by atoms with E-state index < -0.39 is 18.4 Å². The topological polar surface area (TPSA) is 20.2 Å². The van der Waals surface area contributed by atoms with Crippen LogP contribution in [0.25, 0.3) is 0 Å². The van der Waals surface area contributed by atoms with Gasteiger partial charge in [0.1, 0.15) is 0 Å². The molecular weight excluding hydrogens is 169 g/mol. The number of hydrogen-bond acceptors (Lipinski definition) is 1. The van der Waals surface area contributed by atoms with E-state index >= 15 is 0 Å². The van der Waals surface area contributed by atoms with Crippen LogP contribution in [0.3, 0.4) is 0 Å². The second kappa shape index (κ2) is 4.11. The molecule has 0 heterocycles. The molecule has 0 radical (unpaired) electrons. The van der Waals surface area contributed by atoms with Gasteiger partial charge >= 0.3 is 6.18 Å². The molecular formula is C8H9F3O.